The highest BCUT2D eigenvalue weighted by atomic mass is 16.5. The van der Waals surface area contributed by atoms with Crippen molar-refractivity contribution in [2.45, 2.75) is 13.3 Å². The van der Waals surface area contributed by atoms with Crippen molar-refractivity contribution in [2.75, 3.05) is 19.0 Å². The fourth-order valence-corrected chi connectivity index (χ4v) is 2.71. The van der Waals surface area contributed by atoms with Crippen molar-refractivity contribution in [1.29, 1.82) is 0 Å². The van der Waals surface area contributed by atoms with Crippen LogP contribution >= 0.6 is 0 Å². The van der Waals surface area contributed by atoms with Gasteiger partial charge in [-0.2, -0.15) is 0 Å². The summed E-state index contributed by atoms with van der Waals surface area (Å²) in [5, 5.41) is 4.80. The summed E-state index contributed by atoms with van der Waals surface area (Å²) in [4.78, 5) is 12.2. The molecule has 3 aromatic carbocycles. The van der Waals surface area contributed by atoms with E-state index in [-0.39, 0.29) is 12.5 Å². The van der Waals surface area contributed by atoms with Crippen molar-refractivity contribution in [2.24, 2.45) is 0 Å². The first-order valence-electron chi connectivity index (χ1n) is 8.28. The van der Waals surface area contributed by atoms with E-state index < -0.39 is 0 Å². The molecule has 0 aromatic heterocycles. The first-order valence-corrected chi connectivity index (χ1v) is 8.28. The lowest BCUT2D eigenvalue weighted by molar-refractivity contribution is -0.118. The Kier molecular flexibility index (Phi) is 5.19. The van der Waals surface area contributed by atoms with Gasteiger partial charge in [0, 0.05) is 16.5 Å². The molecule has 0 saturated carbocycles. The summed E-state index contributed by atoms with van der Waals surface area (Å²) in [6.07, 6.45) is 0.977. The summed E-state index contributed by atoms with van der Waals surface area (Å²) in [5.41, 5.74) is 1.98. The largest absolute Gasteiger partial charge is 0.496 e. The van der Waals surface area contributed by atoms with Crippen molar-refractivity contribution in [1.82, 2.24) is 0 Å². The number of nitrogens with one attached hydrogen (secondary N) is 1. The third-order valence-corrected chi connectivity index (χ3v) is 4.08. The number of carbonyl (C=O) groups excluding carboxylic acids is 1. The number of fused-ring (bicyclic) bond motifs is 1. The van der Waals surface area contributed by atoms with E-state index in [0.717, 1.165) is 28.6 Å². The van der Waals surface area contributed by atoms with Crippen LogP contribution in [0.5, 0.6) is 11.5 Å². The van der Waals surface area contributed by atoms with E-state index >= 15 is 0 Å². The first kappa shape index (κ1) is 16.8. The number of carbonyl (C=O) groups is 1. The van der Waals surface area contributed by atoms with Gasteiger partial charge in [0.25, 0.3) is 5.91 Å². The van der Waals surface area contributed by atoms with E-state index in [4.69, 9.17) is 9.47 Å². The topological polar surface area (TPSA) is 47.6 Å². The van der Waals surface area contributed by atoms with Crippen LogP contribution in [0.25, 0.3) is 10.8 Å². The molecule has 3 rings (SSSR count). The van der Waals surface area contributed by atoms with E-state index in [1.54, 1.807) is 7.11 Å². The molecule has 0 spiro atoms. The first-order chi connectivity index (χ1) is 12.2. The lowest BCUT2D eigenvalue weighted by Gasteiger charge is -2.12. The molecule has 3 aromatic rings. The van der Waals surface area contributed by atoms with E-state index in [0.29, 0.717) is 5.75 Å². The number of methoxy groups -OCH3 is 1. The van der Waals surface area contributed by atoms with Crippen LogP contribution in [0.15, 0.2) is 60.7 Å². The Bertz CT molecular complexity index is 872. The zero-order chi connectivity index (χ0) is 17.6. The zero-order valence-electron chi connectivity index (χ0n) is 14.4. The molecule has 0 aliphatic heterocycles. The third-order valence-electron chi connectivity index (χ3n) is 4.08. The minimum Gasteiger partial charge on any atom is -0.496 e. The number of ether oxygens (including phenoxy) is 2. The smallest absolute Gasteiger partial charge is 0.262 e. The Morgan fingerprint density at radius 3 is 2.36 bits per heavy atom. The summed E-state index contributed by atoms with van der Waals surface area (Å²) in [5.74, 6) is 1.27. The number of aryl methyl sites for hydroxylation is 1. The Hall–Kier alpha value is -3.01. The Labute approximate surface area is 147 Å². The minimum atomic E-state index is -0.199. The molecule has 128 valence electrons. The summed E-state index contributed by atoms with van der Waals surface area (Å²) in [6, 6.07) is 19.3. The SMILES string of the molecule is CCc1ccc(OCC(=O)Nc2ccc(OC)c3ccccc23)cc1. The molecule has 0 aliphatic carbocycles. The Morgan fingerprint density at radius 2 is 1.68 bits per heavy atom. The van der Waals surface area contributed by atoms with Gasteiger partial charge in [-0.3, -0.25) is 4.79 Å². The molecule has 4 nitrogen and oxygen atoms in total. The molecule has 0 radical (unpaired) electrons. The highest BCUT2D eigenvalue weighted by molar-refractivity contribution is 6.04. The summed E-state index contributed by atoms with van der Waals surface area (Å²) in [6.45, 7) is 2.06. The van der Waals surface area contributed by atoms with Crippen molar-refractivity contribution < 1.29 is 14.3 Å². The second-order valence-corrected chi connectivity index (χ2v) is 5.70. The minimum absolute atomic E-state index is 0.0359. The van der Waals surface area contributed by atoms with Crippen molar-refractivity contribution in [3.05, 3.63) is 66.2 Å². The van der Waals surface area contributed by atoms with Gasteiger partial charge in [0.15, 0.2) is 6.61 Å². The quantitative estimate of drug-likeness (QED) is 0.725. The molecule has 0 fully saturated rings. The molecule has 4 heteroatoms. The Morgan fingerprint density at radius 1 is 0.960 bits per heavy atom. The van der Waals surface area contributed by atoms with Gasteiger partial charge in [-0.25, -0.2) is 0 Å². The second kappa shape index (κ2) is 7.71. The van der Waals surface area contributed by atoms with Crippen LogP contribution in [0.3, 0.4) is 0 Å². The van der Waals surface area contributed by atoms with E-state index in [1.165, 1.54) is 5.56 Å². The maximum atomic E-state index is 12.2. The molecule has 0 unspecified atom stereocenters. The van der Waals surface area contributed by atoms with Gasteiger partial charge in [0.1, 0.15) is 11.5 Å². The van der Waals surface area contributed by atoms with Crippen LogP contribution < -0.4 is 14.8 Å². The number of benzene rings is 3. The van der Waals surface area contributed by atoms with Gasteiger partial charge in [-0.15, -0.1) is 0 Å². The zero-order valence-corrected chi connectivity index (χ0v) is 14.4. The van der Waals surface area contributed by atoms with E-state index in [2.05, 4.69) is 12.2 Å². The maximum absolute atomic E-state index is 12.2. The number of rotatable bonds is 6. The Balaban J connectivity index is 1.69. The predicted molar refractivity (Wildman–Crippen MR) is 100 cm³/mol. The molecule has 25 heavy (non-hydrogen) atoms. The molecule has 0 heterocycles. The van der Waals surface area contributed by atoms with Crippen LogP contribution in [0.1, 0.15) is 12.5 Å². The number of hydrogen-bond acceptors (Lipinski definition) is 3. The average Bonchev–Trinajstić information content (AvgIpc) is 2.67. The summed E-state index contributed by atoms with van der Waals surface area (Å²) < 4.78 is 10.9. The van der Waals surface area contributed by atoms with Gasteiger partial charge in [-0.05, 0) is 36.2 Å². The fraction of sp³-hybridized carbons (Fsp3) is 0.190. The number of hydrogen-bond donors (Lipinski definition) is 1. The summed E-state index contributed by atoms with van der Waals surface area (Å²) >= 11 is 0. The highest BCUT2D eigenvalue weighted by Gasteiger charge is 2.09. The van der Waals surface area contributed by atoms with Crippen molar-refractivity contribution >= 4 is 22.4 Å². The molecule has 0 aliphatic rings. The molecule has 0 saturated heterocycles. The van der Waals surface area contributed by atoms with Gasteiger partial charge >= 0.3 is 0 Å². The fourth-order valence-electron chi connectivity index (χ4n) is 2.71. The van der Waals surface area contributed by atoms with E-state index in [9.17, 15) is 4.79 Å². The van der Waals surface area contributed by atoms with Gasteiger partial charge in [0.05, 0.1) is 7.11 Å². The third kappa shape index (κ3) is 3.91. The van der Waals surface area contributed by atoms with E-state index in [1.807, 2.05) is 60.7 Å². The lowest BCUT2D eigenvalue weighted by Crippen LogP contribution is -2.20. The second-order valence-electron chi connectivity index (χ2n) is 5.70. The molecular weight excluding hydrogens is 314 g/mol. The number of anilines is 1. The monoisotopic (exact) mass is 335 g/mol. The van der Waals surface area contributed by atoms with Crippen LogP contribution in [-0.2, 0) is 11.2 Å². The summed E-state index contributed by atoms with van der Waals surface area (Å²) in [7, 11) is 1.64. The molecule has 1 N–H and O–H groups in total. The molecule has 0 bridgehead atoms. The predicted octanol–water partition coefficient (Wildman–Crippen LogP) is 4.43. The highest BCUT2D eigenvalue weighted by Crippen LogP contribution is 2.31. The van der Waals surface area contributed by atoms with Crippen LogP contribution in [0.4, 0.5) is 5.69 Å². The normalized spacial score (nSPS) is 10.5. The molecule has 0 atom stereocenters. The van der Waals surface area contributed by atoms with Gasteiger partial charge in [-0.1, -0.05) is 43.3 Å². The number of amides is 1. The van der Waals surface area contributed by atoms with Crippen LogP contribution in [0.2, 0.25) is 0 Å². The van der Waals surface area contributed by atoms with Crippen LogP contribution in [-0.4, -0.2) is 19.6 Å². The van der Waals surface area contributed by atoms with Crippen molar-refractivity contribution in [3.63, 3.8) is 0 Å². The van der Waals surface area contributed by atoms with Crippen molar-refractivity contribution in [3.8, 4) is 11.5 Å². The maximum Gasteiger partial charge on any atom is 0.262 e. The molecular formula is C21H21NO3. The average molecular weight is 335 g/mol. The standard InChI is InChI=1S/C21H21NO3/c1-3-15-8-10-16(11-9-15)25-14-21(23)22-19-12-13-20(24-2)18-7-5-4-6-17(18)19/h4-13H,3,14H2,1-2H3,(H,22,23). The molecule has 1 amide bonds. The van der Waals surface area contributed by atoms with Crippen LogP contribution in [0, 0.1) is 0 Å². The van der Waals surface area contributed by atoms with Gasteiger partial charge in [0.2, 0.25) is 0 Å². The van der Waals surface area contributed by atoms with Gasteiger partial charge < -0.3 is 14.8 Å². The lowest BCUT2D eigenvalue weighted by atomic mass is 10.1.